The number of hydrogen-bond acceptors (Lipinski definition) is 3. The van der Waals surface area contributed by atoms with Crippen LogP contribution in [0.1, 0.15) is 40.9 Å². The summed E-state index contributed by atoms with van der Waals surface area (Å²) in [5.41, 5.74) is 3.84. The van der Waals surface area contributed by atoms with Crippen LogP contribution in [-0.2, 0) is 19.6 Å². The van der Waals surface area contributed by atoms with E-state index in [1.54, 1.807) is 12.1 Å². The Balaban J connectivity index is 1.81. The highest BCUT2D eigenvalue weighted by Crippen LogP contribution is 2.08. The first-order valence-corrected chi connectivity index (χ1v) is 9.47. The molecule has 0 saturated heterocycles. The molecule has 0 aliphatic rings. The van der Waals surface area contributed by atoms with E-state index in [9.17, 15) is 9.59 Å². The summed E-state index contributed by atoms with van der Waals surface area (Å²) >= 11 is 0. The molecule has 28 heavy (non-hydrogen) atoms. The number of amides is 3. The number of nitrogens with one attached hydrogen (secondary N) is 3. The Bertz CT molecular complexity index is 768. The molecule has 0 unspecified atom stereocenters. The predicted octanol–water partition coefficient (Wildman–Crippen LogP) is 2.89. The summed E-state index contributed by atoms with van der Waals surface area (Å²) in [6, 6.07) is 15.4. The van der Waals surface area contributed by atoms with Crippen molar-refractivity contribution in [3.63, 3.8) is 0 Å². The van der Waals surface area contributed by atoms with Crippen LogP contribution in [0.15, 0.2) is 48.5 Å². The predicted molar refractivity (Wildman–Crippen MR) is 112 cm³/mol. The van der Waals surface area contributed by atoms with Gasteiger partial charge in [0.1, 0.15) is 0 Å². The second kappa shape index (κ2) is 10.5. The molecule has 0 heterocycles. The largest absolute Gasteiger partial charge is 0.348 e. The van der Waals surface area contributed by atoms with E-state index in [1.807, 2.05) is 52.2 Å². The van der Waals surface area contributed by atoms with Crippen LogP contribution in [0.2, 0.25) is 0 Å². The second-order valence-electron chi connectivity index (χ2n) is 7.42. The van der Waals surface area contributed by atoms with E-state index < -0.39 is 0 Å². The number of nitrogens with zero attached hydrogens (tertiary/aromatic N) is 1. The number of rotatable bonds is 8. The van der Waals surface area contributed by atoms with Crippen LogP contribution in [0, 0.1) is 0 Å². The zero-order chi connectivity index (χ0) is 20.5. The summed E-state index contributed by atoms with van der Waals surface area (Å²) in [5.74, 6) is -0.116. The lowest BCUT2D eigenvalue weighted by molar-refractivity contribution is 0.0951. The van der Waals surface area contributed by atoms with Crippen molar-refractivity contribution < 1.29 is 9.59 Å². The molecule has 0 atom stereocenters. The maximum absolute atomic E-state index is 12.3. The fourth-order valence-electron chi connectivity index (χ4n) is 2.68. The molecule has 0 bridgehead atoms. The van der Waals surface area contributed by atoms with Gasteiger partial charge in [-0.2, -0.15) is 0 Å². The van der Waals surface area contributed by atoms with Crippen molar-refractivity contribution in [2.24, 2.45) is 0 Å². The van der Waals surface area contributed by atoms with E-state index >= 15 is 0 Å². The first kappa shape index (κ1) is 21.4. The van der Waals surface area contributed by atoms with Gasteiger partial charge >= 0.3 is 6.03 Å². The molecular formula is C22H30N4O2. The molecule has 0 fully saturated rings. The van der Waals surface area contributed by atoms with Gasteiger partial charge in [-0.3, -0.25) is 4.79 Å². The summed E-state index contributed by atoms with van der Waals surface area (Å²) < 4.78 is 0. The first-order chi connectivity index (χ1) is 13.3. The first-order valence-electron chi connectivity index (χ1n) is 9.47. The number of urea groups is 1. The van der Waals surface area contributed by atoms with Gasteiger partial charge in [0, 0.05) is 31.2 Å². The monoisotopic (exact) mass is 382 g/mol. The van der Waals surface area contributed by atoms with E-state index in [0.29, 0.717) is 18.7 Å². The summed E-state index contributed by atoms with van der Waals surface area (Å²) in [4.78, 5) is 26.1. The molecule has 0 spiro atoms. The van der Waals surface area contributed by atoms with Crippen molar-refractivity contribution in [2.75, 3.05) is 14.1 Å². The van der Waals surface area contributed by atoms with E-state index in [0.717, 1.165) is 17.7 Å². The molecule has 3 amide bonds. The van der Waals surface area contributed by atoms with Crippen LogP contribution in [-0.4, -0.2) is 37.0 Å². The third-order valence-corrected chi connectivity index (χ3v) is 4.06. The summed E-state index contributed by atoms with van der Waals surface area (Å²) in [6.07, 6.45) is 0. The maximum atomic E-state index is 12.3. The van der Waals surface area contributed by atoms with Crippen LogP contribution in [0.3, 0.4) is 0 Å². The van der Waals surface area contributed by atoms with Crippen molar-refractivity contribution in [2.45, 2.75) is 39.5 Å². The minimum absolute atomic E-state index is 0.0928. The zero-order valence-corrected chi connectivity index (χ0v) is 17.1. The lowest BCUT2D eigenvalue weighted by Gasteiger charge is -2.11. The quantitative estimate of drug-likeness (QED) is 0.657. The fraction of sp³-hybridized carbons (Fsp3) is 0.364. The highest BCUT2D eigenvalue weighted by molar-refractivity contribution is 5.94. The normalized spacial score (nSPS) is 10.8. The van der Waals surface area contributed by atoms with E-state index in [2.05, 4.69) is 33.0 Å². The van der Waals surface area contributed by atoms with Crippen molar-refractivity contribution in [3.8, 4) is 0 Å². The molecule has 0 aromatic heterocycles. The molecule has 2 aromatic rings. The molecule has 0 saturated carbocycles. The Kier molecular flexibility index (Phi) is 8.02. The van der Waals surface area contributed by atoms with Crippen LogP contribution < -0.4 is 16.0 Å². The SMILES string of the molecule is CC(C)NC(=O)NCc1ccc(C(=O)NCc2ccc(CN(C)C)cc2)cc1. The molecule has 6 heteroatoms. The van der Waals surface area contributed by atoms with Gasteiger partial charge in [-0.15, -0.1) is 0 Å². The van der Waals surface area contributed by atoms with Gasteiger partial charge in [-0.05, 0) is 56.8 Å². The van der Waals surface area contributed by atoms with E-state index in [-0.39, 0.29) is 18.0 Å². The van der Waals surface area contributed by atoms with Gasteiger partial charge in [0.2, 0.25) is 0 Å². The third kappa shape index (κ3) is 7.40. The average molecular weight is 383 g/mol. The van der Waals surface area contributed by atoms with Crippen molar-refractivity contribution >= 4 is 11.9 Å². The fourth-order valence-corrected chi connectivity index (χ4v) is 2.68. The summed E-state index contributed by atoms with van der Waals surface area (Å²) in [6.45, 7) is 5.61. The lowest BCUT2D eigenvalue weighted by atomic mass is 10.1. The van der Waals surface area contributed by atoms with E-state index in [4.69, 9.17) is 0 Å². The van der Waals surface area contributed by atoms with Crippen LogP contribution in [0.5, 0.6) is 0 Å². The van der Waals surface area contributed by atoms with Crippen molar-refractivity contribution in [1.29, 1.82) is 0 Å². The van der Waals surface area contributed by atoms with Gasteiger partial charge in [0.25, 0.3) is 5.91 Å². The molecule has 2 aromatic carbocycles. The number of carbonyl (C=O) groups is 2. The average Bonchev–Trinajstić information content (AvgIpc) is 2.65. The molecule has 0 aliphatic carbocycles. The summed E-state index contributed by atoms with van der Waals surface area (Å²) in [7, 11) is 4.08. The summed E-state index contributed by atoms with van der Waals surface area (Å²) in [5, 5.41) is 8.50. The Morgan fingerprint density at radius 2 is 1.32 bits per heavy atom. The number of carbonyl (C=O) groups excluding carboxylic acids is 2. The molecular weight excluding hydrogens is 352 g/mol. The van der Waals surface area contributed by atoms with Gasteiger partial charge in [0.05, 0.1) is 0 Å². The van der Waals surface area contributed by atoms with Crippen molar-refractivity contribution in [1.82, 2.24) is 20.9 Å². The lowest BCUT2D eigenvalue weighted by Crippen LogP contribution is -2.39. The van der Waals surface area contributed by atoms with Crippen LogP contribution in [0.25, 0.3) is 0 Å². The smallest absolute Gasteiger partial charge is 0.315 e. The second-order valence-corrected chi connectivity index (χ2v) is 7.42. The Labute approximate surface area is 167 Å². The minimum atomic E-state index is -0.201. The van der Waals surface area contributed by atoms with Crippen LogP contribution in [0.4, 0.5) is 4.79 Å². The zero-order valence-electron chi connectivity index (χ0n) is 17.1. The van der Waals surface area contributed by atoms with Gasteiger partial charge < -0.3 is 20.9 Å². The molecule has 0 aliphatic heterocycles. The molecule has 0 radical (unpaired) electrons. The van der Waals surface area contributed by atoms with Gasteiger partial charge in [-0.1, -0.05) is 36.4 Å². The molecule has 150 valence electrons. The van der Waals surface area contributed by atoms with Crippen LogP contribution >= 0.6 is 0 Å². The highest BCUT2D eigenvalue weighted by atomic mass is 16.2. The maximum Gasteiger partial charge on any atom is 0.315 e. The number of hydrogen-bond donors (Lipinski definition) is 3. The van der Waals surface area contributed by atoms with Crippen molar-refractivity contribution in [3.05, 3.63) is 70.8 Å². The highest BCUT2D eigenvalue weighted by Gasteiger charge is 2.07. The molecule has 3 N–H and O–H groups in total. The minimum Gasteiger partial charge on any atom is -0.348 e. The molecule has 2 rings (SSSR count). The topological polar surface area (TPSA) is 73.5 Å². The molecule has 6 nitrogen and oxygen atoms in total. The van der Waals surface area contributed by atoms with Gasteiger partial charge in [0.15, 0.2) is 0 Å². The number of benzene rings is 2. The van der Waals surface area contributed by atoms with Gasteiger partial charge in [-0.25, -0.2) is 4.79 Å². The Hall–Kier alpha value is -2.86. The Morgan fingerprint density at radius 1 is 0.821 bits per heavy atom. The third-order valence-electron chi connectivity index (χ3n) is 4.06. The van der Waals surface area contributed by atoms with E-state index in [1.165, 1.54) is 5.56 Å². The standard InChI is InChI=1S/C22H30N4O2/c1-16(2)25-22(28)24-14-18-9-11-20(12-10-18)21(27)23-13-17-5-7-19(8-6-17)15-26(3)4/h5-12,16H,13-15H2,1-4H3,(H,23,27)(H2,24,25,28). The Morgan fingerprint density at radius 3 is 1.86 bits per heavy atom.